The van der Waals surface area contributed by atoms with Crippen molar-refractivity contribution in [1.29, 1.82) is 0 Å². The Labute approximate surface area is 117 Å². The minimum absolute atomic E-state index is 0.187. The van der Waals surface area contributed by atoms with Crippen LogP contribution < -0.4 is 10.6 Å². The molecule has 6 nitrogen and oxygen atoms in total. The van der Waals surface area contributed by atoms with Crippen molar-refractivity contribution in [2.45, 2.75) is 13.3 Å². The molecule has 3 N–H and O–H groups in total. The third-order valence-corrected chi connectivity index (χ3v) is 3.39. The highest BCUT2D eigenvalue weighted by Crippen LogP contribution is 2.19. The van der Waals surface area contributed by atoms with E-state index in [1.807, 2.05) is 0 Å². The summed E-state index contributed by atoms with van der Waals surface area (Å²) in [6.45, 7) is 3.65. The molecule has 1 atom stereocenters. The number of rotatable bonds is 4. The molecule has 20 heavy (non-hydrogen) atoms. The zero-order valence-electron chi connectivity index (χ0n) is 11.3. The molecule has 1 aliphatic heterocycles. The summed E-state index contributed by atoms with van der Waals surface area (Å²) in [5.41, 5.74) is 1.23. The molecule has 0 aromatic heterocycles. The van der Waals surface area contributed by atoms with Crippen molar-refractivity contribution >= 4 is 17.7 Å². The maximum Gasteiger partial charge on any atom is 0.336 e. The van der Waals surface area contributed by atoms with Crippen LogP contribution in [0.1, 0.15) is 22.3 Å². The summed E-state index contributed by atoms with van der Waals surface area (Å²) < 4.78 is 5.23. The molecule has 0 bridgehead atoms. The molecule has 1 aliphatic rings. The zero-order chi connectivity index (χ0) is 14.5. The molecular formula is C14H18N2O4. The number of anilines is 1. The number of carbonyl (C=O) groups is 2. The van der Waals surface area contributed by atoms with Crippen molar-refractivity contribution < 1.29 is 19.4 Å². The molecule has 0 saturated carbocycles. The van der Waals surface area contributed by atoms with Crippen molar-refractivity contribution in [3.05, 3.63) is 29.3 Å². The Morgan fingerprint density at radius 2 is 2.25 bits per heavy atom. The van der Waals surface area contributed by atoms with Crippen LogP contribution >= 0.6 is 0 Å². The fraction of sp³-hybridized carbons (Fsp3) is 0.429. The molecule has 2 amide bonds. The standard InChI is InChI=1S/C14H18N2O4/c1-9-11(13(17)18)3-2-4-12(9)16-14(19)15-7-10-5-6-20-8-10/h2-4,10H,5-8H2,1H3,(H,17,18)(H2,15,16,19). The summed E-state index contributed by atoms with van der Waals surface area (Å²) in [4.78, 5) is 22.8. The van der Waals surface area contributed by atoms with Gasteiger partial charge in [0.05, 0.1) is 12.2 Å². The minimum atomic E-state index is -1.00. The summed E-state index contributed by atoms with van der Waals surface area (Å²) in [6, 6.07) is 4.47. The first kappa shape index (κ1) is 14.3. The van der Waals surface area contributed by atoms with Gasteiger partial charge in [0.1, 0.15) is 0 Å². The molecule has 1 aromatic rings. The van der Waals surface area contributed by atoms with E-state index in [4.69, 9.17) is 9.84 Å². The van der Waals surface area contributed by atoms with Gasteiger partial charge in [-0.25, -0.2) is 9.59 Å². The maximum absolute atomic E-state index is 11.8. The van der Waals surface area contributed by atoms with E-state index in [0.717, 1.165) is 13.0 Å². The molecule has 1 saturated heterocycles. The smallest absolute Gasteiger partial charge is 0.336 e. The molecule has 2 rings (SSSR count). The van der Waals surface area contributed by atoms with Crippen LogP contribution in [0.2, 0.25) is 0 Å². The monoisotopic (exact) mass is 278 g/mol. The van der Waals surface area contributed by atoms with Crippen LogP contribution in [0.15, 0.2) is 18.2 Å². The average molecular weight is 278 g/mol. The fourth-order valence-corrected chi connectivity index (χ4v) is 2.15. The molecular weight excluding hydrogens is 260 g/mol. The number of amides is 2. The van der Waals surface area contributed by atoms with Crippen molar-refractivity contribution in [2.24, 2.45) is 5.92 Å². The summed E-state index contributed by atoms with van der Waals surface area (Å²) >= 11 is 0. The molecule has 0 radical (unpaired) electrons. The quantitative estimate of drug-likeness (QED) is 0.784. The number of hydrogen-bond donors (Lipinski definition) is 3. The van der Waals surface area contributed by atoms with Crippen LogP contribution in [0.3, 0.4) is 0 Å². The van der Waals surface area contributed by atoms with E-state index in [-0.39, 0.29) is 11.6 Å². The zero-order valence-corrected chi connectivity index (χ0v) is 11.3. The lowest BCUT2D eigenvalue weighted by Crippen LogP contribution is -2.33. The Balaban J connectivity index is 1.93. The number of carbonyl (C=O) groups excluding carboxylic acids is 1. The van der Waals surface area contributed by atoms with Gasteiger partial charge < -0.3 is 20.5 Å². The van der Waals surface area contributed by atoms with Crippen LogP contribution in [0.5, 0.6) is 0 Å². The second kappa shape index (κ2) is 6.38. The lowest BCUT2D eigenvalue weighted by Gasteiger charge is -2.13. The molecule has 1 unspecified atom stereocenters. The molecule has 0 aliphatic carbocycles. The summed E-state index contributed by atoms with van der Waals surface area (Å²) in [5, 5.41) is 14.5. The number of aromatic carboxylic acids is 1. The normalized spacial score (nSPS) is 17.8. The van der Waals surface area contributed by atoms with Gasteiger partial charge in [0.25, 0.3) is 0 Å². The summed E-state index contributed by atoms with van der Waals surface area (Å²) in [5.74, 6) is -0.651. The molecule has 1 aromatic carbocycles. The molecule has 108 valence electrons. The Hall–Kier alpha value is -2.08. The van der Waals surface area contributed by atoms with Gasteiger partial charge in [-0.2, -0.15) is 0 Å². The van der Waals surface area contributed by atoms with E-state index < -0.39 is 5.97 Å². The highest BCUT2D eigenvalue weighted by atomic mass is 16.5. The minimum Gasteiger partial charge on any atom is -0.478 e. The number of urea groups is 1. The van der Waals surface area contributed by atoms with E-state index in [1.54, 1.807) is 19.1 Å². The largest absolute Gasteiger partial charge is 0.478 e. The molecule has 1 heterocycles. The maximum atomic E-state index is 11.8. The van der Waals surface area contributed by atoms with Gasteiger partial charge in [-0.1, -0.05) is 6.07 Å². The van der Waals surface area contributed by atoms with E-state index in [1.165, 1.54) is 6.07 Å². The number of carboxylic acids is 1. The number of carboxylic acid groups (broad SMARTS) is 1. The highest BCUT2D eigenvalue weighted by molar-refractivity contribution is 5.95. The summed E-state index contributed by atoms with van der Waals surface area (Å²) in [7, 11) is 0. The van der Waals surface area contributed by atoms with Crippen molar-refractivity contribution in [3.63, 3.8) is 0 Å². The lowest BCUT2D eigenvalue weighted by atomic mass is 10.1. The van der Waals surface area contributed by atoms with Crippen LogP contribution in [0.25, 0.3) is 0 Å². The van der Waals surface area contributed by atoms with Crippen molar-refractivity contribution in [3.8, 4) is 0 Å². The SMILES string of the molecule is Cc1c(NC(=O)NCC2CCOC2)cccc1C(=O)O. The third-order valence-electron chi connectivity index (χ3n) is 3.39. The van der Waals surface area contributed by atoms with Gasteiger partial charge >= 0.3 is 12.0 Å². The van der Waals surface area contributed by atoms with Crippen LogP contribution in [-0.2, 0) is 4.74 Å². The topological polar surface area (TPSA) is 87.7 Å². The Kier molecular flexibility index (Phi) is 4.57. The fourth-order valence-electron chi connectivity index (χ4n) is 2.15. The molecule has 6 heteroatoms. The number of ether oxygens (including phenoxy) is 1. The van der Waals surface area contributed by atoms with Crippen molar-refractivity contribution in [2.75, 3.05) is 25.1 Å². The number of hydrogen-bond acceptors (Lipinski definition) is 3. The first-order valence-corrected chi connectivity index (χ1v) is 6.53. The number of benzene rings is 1. The number of nitrogens with one attached hydrogen (secondary N) is 2. The van der Waals surface area contributed by atoms with Gasteiger partial charge in [-0.3, -0.25) is 0 Å². The van der Waals surface area contributed by atoms with Gasteiger partial charge in [0.2, 0.25) is 0 Å². The van der Waals surface area contributed by atoms with Crippen LogP contribution in [-0.4, -0.2) is 36.9 Å². The first-order valence-electron chi connectivity index (χ1n) is 6.53. The lowest BCUT2D eigenvalue weighted by molar-refractivity contribution is 0.0696. The second-order valence-electron chi connectivity index (χ2n) is 4.85. The van der Waals surface area contributed by atoms with Gasteiger partial charge in [-0.05, 0) is 31.0 Å². The average Bonchev–Trinajstić information content (AvgIpc) is 2.91. The van der Waals surface area contributed by atoms with Gasteiger partial charge in [0.15, 0.2) is 0 Å². The second-order valence-corrected chi connectivity index (χ2v) is 4.85. The van der Waals surface area contributed by atoms with Crippen molar-refractivity contribution in [1.82, 2.24) is 5.32 Å². The van der Waals surface area contributed by atoms with Gasteiger partial charge in [-0.15, -0.1) is 0 Å². The van der Waals surface area contributed by atoms with E-state index in [0.29, 0.717) is 30.3 Å². The van der Waals surface area contributed by atoms with E-state index in [9.17, 15) is 9.59 Å². The Bertz CT molecular complexity index is 510. The summed E-state index contributed by atoms with van der Waals surface area (Å²) in [6.07, 6.45) is 0.952. The first-order chi connectivity index (χ1) is 9.58. The predicted octanol–water partition coefficient (Wildman–Crippen LogP) is 1.85. The predicted molar refractivity (Wildman–Crippen MR) is 74.1 cm³/mol. The van der Waals surface area contributed by atoms with E-state index >= 15 is 0 Å². The Morgan fingerprint density at radius 3 is 2.90 bits per heavy atom. The van der Waals surface area contributed by atoms with Gasteiger partial charge in [0, 0.05) is 24.8 Å². The highest BCUT2D eigenvalue weighted by Gasteiger charge is 2.17. The molecule has 1 fully saturated rings. The Morgan fingerprint density at radius 1 is 1.45 bits per heavy atom. The molecule has 0 spiro atoms. The third kappa shape index (κ3) is 3.48. The van der Waals surface area contributed by atoms with E-state index in [2.05, 4.69) is 10.6 Å². The van der Waals surface area contributed by atoms with Crippen LogP contribution in [0, 0.1) is 12.8 Å². The van der Waals surface area contributed by atoms with Crippen LogP contribution in [0.4, 0.5) is 10.5 Å².